The Balaban J connectivity index is 3.18. The summed E-state index contributed by atoms with van der Waals surface area (Å²) in [6.45, 7) is 0.505. The van der Waals surface area contributed by atoms with Gasteiger partial charge in [-0.2, -0.15) is 11.8 Å². The maximum Gasteiger partial charge on any atom is 0.328 e. The Labute approximate surface area is 308 Å². The van der Waals surface area contributed by atoms with E-state index >= 15 is 0 Å². The molecule has 0 aliphatic rings. The van der Waals surface area contributed by atoms with Crippen LogP contribution < -0.4 is 43.4 Å². The zero-order valence-electron chi connectivity index (χ0n) is 29.2. The molecule has 53 heavy (non-hydrogen) atoms. The zero-order chi connectivity index (χ0) is 40.4. The number of nitrogens with two attached hydrogens (primary N) is 2. The summed E-state index contributed by atoms with van der Waals surface area (Å²) in [6.07, 6.45) is -2.03. The van der Waals surface area contributed by atoms with Crippen molar-refractivity contribution < 1.29 is 63.9 Å². The van der Waals surface area contributed by atoms with Crippen molar-refractivity contribution in [2.45, 2.75) is 81.6 Å². The van der Waals surface area contributed by atoms with Gasteiger partial charge in [0, 0.05) is 6.42 Å². The van der Waals surface area contributed by atoms with E-state index in [0.29, 0.717) is 11.3 Å². The smallest absolute Gasteiger partial charge is 0.328 e. The fourth-order valence-corrected chi connectivity index (χ4v) is 4.93. The lowest BCUT2D eigenvalue weighted by Crippen LogP contribution is -2.61. The van der Waals surface area contributed by atoms with Gasteiger partial charge >= 0.3 is 5.97 Å². The summed E-state index contributed by atoms with van der Waals surface area (Å²) in [5.74, 6) is -8.11. The van der Waals surface area contributed by atoms with E-state index < -0.39 is 115 Å². The number of carboxylic acids is 1. The summed E-state index contributed by atoms with van der Waals surface area (Å²) < 4.78 is 0. The van der Waals surface area contributed by atoms with Crippen molar-refractivity contribution in [3.63, 3.8) is 0 Å². The van der Waals surface area contributed by atoms with Crippen LogP contribution in [-0.4, -0.2) is 146 Å². The molecule has 0 saturated carbocycles. The van der Waals surface area contributed by atoms with Gasteiger partial charge in [0.25, 0.3) is 0 Å². The molecule has 296 valence electrons. The molecule has 0 fully saturated rings. The van der Waals surface area contributed by atoms with Crippen molar-refractivity contribution in [2.24, 2.45) is 11.5 Å². The number of amides is 7. The first-order valence-electron chi connectivity index (χ1n) is 16.1. The molecule has 0 bridgehead atoms. The molecule has 15 N–H and O–H groups in total. The first-order valence-corrected chi connectivity index (χ1v) is 17.5. The fourth-order valence-electron chi connectivity index (χ4n) is 4.46. The predicted molar refractivity (Wildman–Crippen MR) is 187 cm³/mol. The molecule has 0 unspecified atom stereocenters. The molecule has 1 aromatic carbocycles. The van der Waals surface area contributed by atoms with Crippen molar-refractivity contribution in [3.05, 3.63) is 29.8 Å². The monoisotopic (exact) mass is 772 g/mol. The Hall–Kier alpha value is -5.03. The highest BCUT2D eigenvalue weighted by Gasteiger charge is 2.34. The summed E-state index contributed by atoms with van der Waals surface area (Å²) >= 11 is 1.34. The van der Waals surface area contributed by atoms with Crippen LogP contribution in [0.1, 0.15) is 32.3 Å². The van der Waals surface area contributed by atoms with Gasteiger partial charge in [-0.25, -0.2) is 4.79 Å². The average Bonchev–Trinajstić information content (AvgIpc) is 3.08. The number of benzene rings is 1. The number of aliphatic carboxylic acids is 1. The van der Waals surface area contributed by atoms with Gasteiger partial charge in [-0.3, -0.25) is 33.6 Å². The Morgan fingerprint density at radius 3 is 1.77 bits per heavy atom. The summed E-state index contributed by atoms with van der Waals surface area (Å²) in [4.78, 5) is 100. The maximum atomic E-state index is 13.5. The summed E-state index contributed by atoms with van der Waals surface area (Å²) in [6, 6.07) is -3.72. The van der Waals surface area contributed by atoms with E-state index in [-0.39, 0.29) is 18.6 Å². The van der Waals surface area contributed by atoms with Gasteiger partial charge in [-0.15, -0.1) is 0 Å². The molecule has 21 nitrogen and oxygen atoms in total. The molecule has 0 aromatic heterocycles. The first kappa shape index (κ1) is 46.0. The Bertz CT molecular complexity index is 1450. The fraction of sp³-hybridized carbons (Fsp3) is 0.548. The van der Waals surface area contributed by atoms with Crippen LogP contribution in [0.25, 0.3) is 0 Å². The van der Waals surface area contributed by atoms with E-state index in [1.54, 1.807) is 6.26 Å². The average molecular weight is 773 g/mol. The normalized spacial score (nSPS) is 15.5. The second-order valence-electron chi connectivity index (χ2n) is 11.9. The molecule has 0 saturated heterocycles. The molecule has 0 aliphatic carbocycles. The van der Waals surface area contributed by atoms with Crippen LogP contribution in [0.2, 0.25) is 0 Å². The van der Waals surface area contributed by atoms with Crippen LogP contribution in [0.3, 0.4) is 0 Å². The SMILES string of the molecule is CSCC[C@H](NC(=O)[C@@H](N)CC(N)=O)C(=O)N[C@H](C(=O)N[C@@H](Cc1ccc(O)cc1)C(=O)NCC(=O)N[C@H](C(=O)N[C@@H](CO)C(=O)O)[C@@H](C)O)[C@@H](C)O. The predicted octanol–water partition coefficient (Wildman–Crippen LogP) is -5.73. The summed E-state index contributed by atoms with van der Waals surface area (Å²) in [5, 5.41) is 61.8. The third kappa shape index (κ3) is 16.5. The van der Waals surface area contributed by atoms with Crippen LogP contribution in [0.5, 0.6) is 5.75 Å². The number of aliphatic hydroxyl groups excluding tert-OH is 3. The van der Waals surface area contributed by atoms with Gasteiger partial charge in [0.15, 0.2) is 0 Å². The van der Waals surface area contributed by atoms with Crippen LogP contribution in [0, 0.1) is 0 Å². The minimum atomic E-state index is -1.73. The molecule has 0 heterocycles. The largest absolute Gasteiger partial charge is 0.508 e. The minimum absolute atomic E-state index is 0.0588. The number of aliphatic hydroxyl groups is 3. The molecular formula is C31H48N8O13S. The van der Waals surface area contributed by atoms with Gasteiger partial charge in [0.1, 0.15) is 36.0 Å². The Kier molecular flexibility index (Phi) is 19.8. The molecule has 22 heteroatoms. The molecule has 7 amide bonds. The molecule has 1 aromatic rings. The minimum Gasteiger partial charge on any atom is -0.508 e. The van der Waals surface area contributed by atoms with Gasteiger partial charge in [0.05, 0.1) is 37.8 Å². The number of carbonyl (C=O) groups excluding carboxylic acids is 7. The lowest BCUT2D eigenvalue weighted by molar-refractivity contribution is -0.144. The lowest BCUT2D eigenvalue weighted by atomic mass is 10.0. The second-order valence-corrected chi connectivity index (χ2v) is 12.8. The topological polar surface area (TPSA) is 362 Å². The number of phenols is 1. The summed E-state index contributed by atoms with van der Waals surface area (Å²) in [7, 11) is 0. The van der Waals surface area contributed by atoms with Crippen LogP contribution in [-0.2, 0) is 44.8 Å². The highest BCUT2D eigenvalue weighted by Crippen LogP contribution is 2.12. The lowest BCUT2D eigenvalue weighted by Gasteiger charge is -2.27. The van der Waals surface area contributed by atoms with Gasteiger partial charge < -0.3 is 68.9 Å². The van der Waals surface area contributed by atoms with Crippen molar-refractivity contribution in [1.82, 2.24) is 31.9 Å². The van der Waals surface area contributed by atoms with Crippen molar-refractivity contribution in [3.8, 4) is 5.75 Å². The summed E-state index contributed by atoms with van der Waals surface area (Å²) in [5.41, 5.74) is 11.2. The molecular weight excluding hydrogens is 724 g/mol. The number of nitrogens with one attached hydrogen (secondary N) is 6. The molecule has 0 spiro atoms. The van der Waals surface area contributed by atoms with E-state index in [1.165, 1.54) is 43.0 Å². The molecule has 1 rings (SSSR count). The van der Waals surface area contributed by atoms with E-state index in [9.17, 15) is 53.7 Å². The number of carbonyl (C=O) groups is 8. The molecule has 8 atom stereocenters. The van der Waals surface area contributed by atoms with Crippen molar-refractivity contribution >= 4 is 59.1 Å². The highest BCUT2D eigenvalue weighted by molar-refractivity contribution is 7.98. The van der Waals surface area contributed by atoms with Crippen LogP contribution in [0.4, 0.5) is 0 Å². The van der Waals surface area contributed by atoms with Crippen molar-refractivity contribution in [2.75, 3.05) is 25.2 Å². The number of thioether (sulfide) groups is 1. The van der Waals surface area contributed by atoms with E-state index in [4.69, 9.17) is 21.7 Å². The number of aromatic hydroxyl groups is 1. The number of carboxylic acid groups (broad SMARTS) is 1. The first-order chi connectivity index (χ1) is 24.8. The quantitative estimate of drug-likeness (QED) is 0.0493. The number of primary amides is 1. The van der Waals surface area contributed by atoms with Crippen LogP contribution in [0.15, 0.2) is 24.3 Å². The Morgan fingerprint density at radius 2 is 1.28 bits per heavy atom. The van der Waals surface area contributed by atoms with Gasteiger partial charge in [0.2, 0.25) is 41.4 Å². The zero-order valence-corrected chi connectivity index (χ0v) is 30.1. The maximum absolute atomic E-state index is 13.5. The highest BCUT2D eigenvalue weighted by atomic mass is 32.2. The number of rotatable bonds is 23. The Morgan fingerprint density at radius 1 is 0.755 bits per heavy atom. The van der Waals surface area contributed by atoms with E-state index in [1.807, 2.05) is 5.32 Å². The van der Waals surface area contributed by atoms with E-state index in [2.05, 4.69) is 26.6 Å². The van der Waals surface area contributed by atoms with Gasteiger partial charge in [-0.05, 0) is 50.0 Å². The standard InChI is InChI=1S/C31H48N8O13S/c1-14(41)24(29(49)37-21(13-40)31(51)52)38-23(45)12-34-27(47)20(10-16-4-6-17(43)7-5-16)36-30(50)25(15(2)42)39-28(48)19(8-9-53-3)35-26(46)18(32)11-22(33)44/h4-7,14-15,18-21,24-25,40-43H,8-13,32H2,1-3H3,(H2,33,44)(H,34,47)(H,35,46)(H,36,50)(H,37,49)(H,38,45)(H,39,48)(H,51,52)/t14-,15-,18+,19+,20+,21+,24+,25+/m1/s1. The van der Waals surface area contributed by atoms with Gasteiger partial charge in [-0.1, -0.05) is 12.1 Å². The number of hydrogen-bond donors (Lipinski definition) is 13. The second kappa shape index (κ2) is 22.8. The number of hydrogen-bond acceptors (Lipinski definition) is 14. The van der Waals surface area contributed by atoms with Crippen LogP contribution >= 0.6 is 11.8 Å². The molecule has 0 radical (unpaired) electrons. The van der Waals surface area contributed by atoms with Crippen molar-refractivity contribution in [1.29, 1.82) is 0 Å². The van der Waals surface area contributed by atoms with E-state index in [0.717, 1.165) is 6.92 Å². The third-order valence-electron chi connectivity index (χ3n) is 7.37. The third-order valence-corrected chi connectivity index (χ3v) is 8.02. The number of phenolic OH excluding ortho intramolecular Hbond substituents is 1. The molecule has 0 aliphatic heterocycles.